The molecular formula is C22H22N4O. The van der Waals surface area contributed by atoms with Crippen LogP contribution >= 0.6 is 0 Å². The molecule has 0 aliphatic carbocycles. The minimum Gasteiger partial charge on any atom is -0.273 e. The Bertz CT molecular complexity index is 1030. The summed E-state index contributed by atoms with van der Waals surface area (Å²) in [5.74, 6) is 0.0605. The highest BCUT2D eigenvalue weighted by Gasteiger charge is 2.33. The number of fused-ring (bicyclic) bond motifs is 1. The van der Waals surface area contributed by atoms with Crippen molar-refractivity contribution in [3.8, 4) is 0 Å². The zero-order valence-electron chi connectivity index (χ0n) is 15.6. The van der Waals surface area contributed by atoms with Crippen LogP contribution in [0.2, 0.25) is 0 Å². The van der Waals surface area contributed by atoms with Crippen LogP contribution in [0, 0.1) is 6.92 Å². The maximum atomic E-state index is 12.7. The molecule has 0 saturated carbocycles. The summed E-state index contributed by atoms with van der Waals surface area (Å²) in [4.78, 5) is 21.5. The van der Waals surface area contributed by atoms with E-state index in [0.717, 1.165) is 34.3 Å². The normalized spacial score (nSPS) is 16.6. The first-order valence-electron chi connectivity index (χ1n) is 9.33. The number of amides is 1. The first kappa shape index (κ1) is 17.3. The van der Waals surface area contributed by atoms with E-state index in [9.17, 15) is 4.79 Å². The van der Waals surface area contributed by atoms with Crippen LogP contribution in [0.15, 0.2) is 60.0 Å². The van der Waals surface area contributed by atoms with Gasteiger partial charge >= 0.3 is 0 Å². The van der Waals surface area contributed by atoms with Crippen LogP contribution in [0.1, 0.15) is 48.9 Å². The van der Waals surface area contributed by atoms with E-state index >= 15 is 0 Å². The lowest BCUT2D eigenvalue weighted by Gasteiger charge is -2.22. The van der Waals surface area contributed by atoms with Gasteiger partial charge in [0.1, 0.15) is 0 Å². The summed E-state index contributed by atoms with van der Waals surface area (Å²) >= 11 is 0. The third kappa shape index (κ3) is 3.33. The number of nitrogens with zero attached hydrogens (tertiary/aromatic N) is 4. The van der Waals surface area contributed by atoms with Crippen molar-refractivity contribution in [2.45, 2.75) is 39.2 Å². The Hall–Kier alpha value is -3.08. The average molecular weight is 358 g/mol. The summed E-state index contributed by atoms with van der Waals surface area (Å²) in [6.07, 6.45) is 5.38. The van der Waals surface area contributed by atoms with Crippen LogP contribution in [0.4, 0.5) is 0 Å². The molecule has 0 radical (unpaired) electrons. The van der Waals surface area contributed by atoms with Gasteiger partial charge in [0, 0.05) is 30.8 Å². The fourth-order valence-corrected chi connectivity index (χ4v) is 3.58. The quantitative estimate of drug-likeness (QED) is 0.694. The maximum Gasteiger partial charge on any atom is 0.243 e. The molecule has 0 unspecified atom stereocenters. The van der Waals surface area contributed by atoms with Gasteiger partial charge in [0.2, 0.25) is 5.91 Å². The number of rotatable bonds is 4. The molecule has 4 rings (SSSR count). The van der Waals surface area contributed by atoms with E-state index in [1.807, 2.05) is 37.3 Å². The van der Waals surface area contributed by atoms with E-state index in [1.54, 1.807) is 17.4 Å². The molecule has 27 heavy (non-hydrogen) atoms. The van der Waals surface area contributed by atoms with Crippen molar-refractivity contribution in [2.24, 2.45) is 5.10 Å². The zero-order valence-corrected chi connectivity index (χ0v) is 15.6. The van der Waals surface area contributed by atoms with Crippen molar-refractivity contribution in [2.75, 3.05) is 0 Å². The van der Waals surface area contributed by atoms with Gasteiger partial charge in [-0.1, -0.05) is 37.3 Å². The van der Waals surface area contributed by atoms with E-state index in [1.165, 1.54) is 5.56 Å². The van der Waals surface area contributed by atoms with Crippen LogP contribution in [-0.2, 0) is 4.79 Å². The van der Waals surface area contributed by atoms with E-state index in [2.05, 4.69) is 29.0 Å². The summed E-state index contributed by atoms with van der Waals surface area (Å²) in [6, 6.07) is 14.1. The number of aromatic nitrogens is 2. The highest BCUT2D eigenvalue weighted by Crippen LogP contribution is 2.34. The van der Waals surface area contributed by atoms with Gasteiger partial charge in [0.15, 0.2) is 0 Å². The smallest absolute Gasteiger partial charge is 0.243 e. The molecule has 5 nitrogen and oxygen atoms in total. The van der Waals surface area contributed by atoms with Gasteiger partial charge in [-0.15, -0.1) is 0 Å². The van der Waals surface area contributed by atoms with Crippen LogP contribution in [0.5, 0.6) is 0 Å². The molecule has 0 bridgehead atoms. The Morgan fingerprint density at radius 1 is 1.11 bits per heavy atom. The SMILES string of the molecule is CCCC(=O)N1N=C(c2ccccc2C)C[C@@H]1c1ccc2nccnc2c1. The van der Waals surface area contributed by atoms with Crippen LogP contribution in [0.25, 0.3) is 11.0 Å². The van der Waals surface area contributed by atoms with Gasteiger partial charge in [0.25, 0.3) is 0 Å². The molecule has 1 aliphatic heterocycles. The second-order valence-corrected chi connectivity index (χ2v) is 6.87. The monoisotopic (exact) mass is 358 g/mol. The van der Waals surface area contributed by atoms with E-state index in [-0.39, 0.29) is 11.9 Å². The summed E-state index contributed by atoms with van der Waals surface area (Å²) < 4.78 is 0. The molecule has 136 valence electrons. The molecule has 2 aromatic carbocycles. The first-order valence-corrected chi connectivity index (χ1v) is 9.33. The number of hydrazone groups is 1. The Morgan fingerprint density at radius 3 is 2.67 bits per heavy atom. The number of carbonyl (C=O) groups excluding carboxylic acids is 1. The molecule has 0 spiro atoms. The molecule has 1 atom stereocenters. The second-order valence-electron chi connectivity index (χ2n) is 6.87. The molecule has 1 aromatic heterocycles. The number of carbonyl (C=O) groups is 1. The fourth-order valence-electron chi connectivity index (χ4n) is 3.58. The largest absolute Gasteiger partial charge is 0.273 e. The van der Waals surface area contributed by atoms with Gasteiger partial charge in [0.05, 0.1) is 22.8 Å². The lowest BCUT2D eigenvalue weighted by molar-refractivity contribution is -0.133. The Balaban J connectivity index is 1.74. The third-order valence-electron chi connectivity index (χ3n) is 4.96. The zero-order chi connectivity index (χ0) is 18.8. The maximum absolute atomic E-state index is 12.7. The predicted octanol–water partition coefficient (Wildman–Crippen LogP) is 4.42. The molecule has 1 aliphatic rings. The second kappa shape index (κ2) is 7.27. The van der Waals surface area contributed by atoms with Gasteiger partial charge in [-0.05, 0) is 36.6 Å². The number of hydrogen-bond acceptors (Lipinski definition) is 4. The summed E-state index contributed by atoms with van der Waals surface area (Å²) in [5.41, 5.74) is 5.97. The summed E-state index contributed by atoms with van der Waals surface area (Å²) in [5, 5.41) is 6.41. The van der Waals surface area contributed by atoms with E-state index in [4.69, 9.17) is 5.10 Å². The standard InChI is InChI=1S/C22H22N4O/c1-3-6-22(27)26-21(14-19(25-26)17-8-5-4-7-15(17)2)16-9-10-18-20(13-16)24-12-11-23-18/h4-5,7-13,21H,3,6,14H2,1-2H3/t21-/m1/s1. The van der Waals surface area contributed by atoms with Crippen molar-refractivity contribution in [1.29, 1.82) is 0 Å². The van der Waals surface area contributed by atoms with Crippen molar-refractivity contribution < 1.29 is 4.79 Å². The van der Waals surface area contributed by atoms with Crippen LogP contribution in [0.3, 0.4) is 0 Å². The van der Waals surface area contributed by atoms with E-state index in [0.29, 0.717) is 12.8 Å². The summed E-state index contributed by atoms with van der Waals surface area (Å²) in [6.45, 7) is 4.09. The molecule has 0 fully saturated rings. The van der Waals surface area contributed by atoms with Crippen LogP contribution < -0.4 is 0 Å². The van der Waals surface area contributed by atoms with Crippen molar-refractivity contribution in [3.05, 3.63) is 71.5 Å². The lowest BCUT2D eigenvalue weighted by Crippen LogP contribution is -2.26. The number of benzene rings is 2. The number of aryl methyl sites for hydroxylation is 1. The highest BCUT2D eigenvalue weighted by atomic mass is 16.2. The average Bonchev–Trinajstić information content (AvgIpc) is 3.13. The lowest BCUT2D eigenvalue weighted by atomic mass is 9.96. The topological polar surface area (TPSA) is 58.5 Å². The number of hydrogen-bond donors (Lipinski definition) is 0. The van der Waals surface area contributed by atoms with Gasteiger partial charge < -0.3 is 0 Å². The van der Waals surface area contributed by atoms with Gasteiger partial charge in [-0.3, -0.25) is 14.8 Å². The van der Waals surface area contributed by atoms with E-state index < -0.39 is 0 Å². The van der Waals surface area contributed by atoms with Gasteiger partial charge in [-0.2, -0.15) is 5.10 Å². The Morgan fingerprint density at radius 2 is 1.89 bits per heavy atom. The molecule has 0 N–H and O–H groups in total. The molecular weight excluding hydrogens is 336 g/mol. The highest BCUT2D eigenvalue weighted by molar-refractivity contribution is 6.04. The van der Waals surface area contributed by atoms with Crippen molar-refractivity contribution in [1.82, 2.24) is 15.0 Å². The van der Waals surface area contributed by atoms with Gasteiger partial charge in [-0.25, -0.2) is 5.01 Å². The van der Waals surface area contributed by atoms with Crippen LogP contribution in [-0.4, -0.2) is 26.6 Å². The summed E-state index contributed by atoms with van der Waals surface area (Å²) in [7, 11) is 0. The fraction of sp³-hybridized carbons (Fsp3) is 0.273. The first-order chi connectivity index (χ1) is 13.2. The van der Waals surface area contributed by atoms with Crippen molar-refractivity contribution >= 4 is 22.7 Å². The predicted molar refractivity (Wildman–Crippen MR) is 106 cm³/mol. The van der Waals surface area contributed by atoms with Crippen molar-refractivity contribution in [3.63, 3.8) is 0 Å². The Kier molecular flexibility index (Phi) is 4.67. The molecule has 5 heteroatoms. The minimum absolute atomic E-state index is 0.0605. The minimum atomic E-state index is -0.106. The molecule has 0 saturated heterocycles. The Labute approximate surface area is 158 Å². The molecule has 3 aromatic rings. The molecule has 1 amide bonds. The molecule has 2 heterocycles. The third-order valence-corrected chi connectivity index (χ3v) is 4.96.